The van der Waals surface area contributed by atoms with Crippen LogP contribution in [0, 0.1) is 0 Å². The SMILES string of the molecule is CN(C[C@@H]1CN(CCOC[C@@H]2CCCO2)CCO1)c1cccnn1. The van der Waals surface area contributed by atoms with Crippen LogP contribution in [0.15, 0.2) is 18.3 Å². The minimum absolute atomic E-state index is 0.184. The molecule has 3 heterocycles. The summed E-state index contributed by atoms with van der Waals surface area (Å²) in [6, 6.07) is 3.87. The highest BCUT2D eigenvalue weighted by Crippen LogP contribution is 2.13. The van der Waals surface area contributed by atoms with E-state index in [0.717, 1.165) is 64.8 Å². The van der Waals surface area contributed by atoms with Crippen LogP contribution < -0.4 is 4.90 Å². The largest absolute Gasteiger partial charge is 0.377 e. The molecular formula is C17H28N4O3. The molecule has 0 unspecified atom stereocenters. The zero-order valence-corrected chi connectivity index (χ0v) is 14.5. The highest BCUT2D eigenvalue weighted by molar-refractivity contribution is 5.35. The van der Waals surface area contributed by atoms with Gasteiger partial charge in [0, 0.05) is 46.0 Å². The van der Waals surface area contributed by atoms with Crippen LogP contribution in [0.4, 0.5) is 5.82 Å². The number of ether oxygens (including phenoxy) is 3. The summed E-state index contributed by atoms with van der Waals surface area (Å²) >= 11 is 0. The predicted molar refractivity (Wildman–Crippen MR) is 91.3 cm³/mol. The second kappa shape index (κ2) is 9.27. The summed E-state index contributed by atoms with van der Waals surface area (Å²) in [5, 5.41) is 8.06. The Bertz CT molecular complexity index is 470. The topological polar surface area (TPSA) is 60.0 Å². The highest BCUT2D eigenvalue weighted by atomic mass is 16.5. The van der Waals surface area contributed by atoms with Gasteiger partial charge in [-0.05, 0) is 25.0 Å². The first-order valence-corrected chi connectivity index (χ1v) is 8.83. The zero-order valence-electron chi connectivity index (χ0n) is 14.5. The third-order valence-corrected chi connectivity index (χ3v) is 4.53. The van der Waals surface area contributed by atoms with E-state index >= 15 is 0 Å². The molecule has 1 aromatic rings. The number of nitrogens with zero attached hydrogens (tertiary/aromatic N) is 4. The molecule has 134 valence electrons. The van der Waals surface area contributed by atoms with E-state index in [1.807, 2.05) is 19.2 Å². The molecule has 0 aliphatic carbocycles. The second-order valence-electron chi connectivity index (χ2n) is 6.47. The first-order chi connectivity index (χ1) is 11.8. The lowest BCUT2D eigenvalue weighted by Crippen LogP contribution is -2.48. The van der Waals surface area contributed by atoms with Gasteiger partial charge in [0.15, 0.2) is 5.82 Å². The van der Waals surface area contributed by atoms with E-state index in [0.29, 0.717) is 6.10 Å². The molecule has 2 fully saturated rings. The van der Waals surface area contributed by atoms with Crippen molar-refractivity contribution in [1.29, 1.82) is 0 Å². The van der Waals surface area contributed by atoms with Crippen molar-refractivity contribution < 1.29 is 14.2 Å². The van der Waals surface area contributed by atoms with Crippen LogP contribution in [0.2, 0.25) is 0 Å². The first-order valence-electron chi connectivity index (χ1n) is 8.83. The van der Waals surface area contributed by atoms with Gasteiger partial charge in [0.25, 0.3) is 0 Å². The summed E-state index contributed by atoms with van der Waals surface area (Å²) in [7, 11) is 2.02. The first kappa shape index (κ1) is 17.5. The maximum atomic E-state index is 5.90. The molecule has 0 amide bonds. The van der Waals surface area contributed by atoms with Gasteiger partial charge in [0.1, 0.15) is 0 Å². The van der Waals surface area contributed by atoms with Gasteiger partial charge in [-0.2, -0.15) is 5.10 Å². The second-order valence-corrected chi connectivity index (χ2v) is 6.47. The number of anilines is 1. The molecule has 7 nitrogen and oxygen atoms in total. The molecule has 2 aliphatic heterocycles. The Balaban J connectivity index is 1.34. The average molecular weight is 336 g/mol. The summed E-state index contributed by atoms with van der Waals surface area (Å²) in [5.41, 5.74) is 0. The van der Waals surface area contributed by atoms with Gasteiger partial charge in [0.2, 0.25) is 0 Å². The van der Waals surface area contributed by atoms with E-state index < -0.39 is 0 Å². The molecule has 2 atom stereocenters. The molecule has 24 heavy (non-hydrogen) atoms. The molecule has 3 rings (SSSR count). The molecule has 0 N–H and O–H groups in total. The van der Waals surface area contributed by atoms with Crippen molar-refractivity contribution in [3.8, 4) is 0 Å². The van der Waals surface area contributed by atoms with Crippen molar-refractivity contribution in [3.05, 3.63) is 18.3 Å². The fourth-order valence-corrected chi connectivity index (χ4v) is 3.17. The predicted octanol–water partition coefficient (Wildman–Crippen LogP) is 0.809. The highest BCUT2D eigenvalue weighted by Gasteiger charge is 2.22. The number of rotatable bonds is 8. The Morgan fingerprint density at radius 3 is 3.04 bits per heavy atom. The standard InChI is InChI=1S/C17H28N4O3/c1-20(17-5-2-6-18-19-17)12-16-13-21(8-11-24-16)7-10-22-14-15-4-3-9-23-15/h2,5-6,15-16H,3-4,7-14H2,1H3/t15-,16+/m0/s1. The fraction of sp³-hybridized carbons (Fsp3) is 0.765. The minimum atomic E-state index is 0.184. The monoisotopic (exact) mass is 336 g/mol. The van der Waals surface area contributed by atoms with Crippen LogP contribution in [0.5, 0.6) is 0 Å². The van der Waals surface area contributed by atoms with Gasteiger partial charge in [-0.15, -0.1) is 5.10 Å². The third kappa shape index (κ3) is 5.37. The lowest BCUT2D eigenvalue weighted by atomic mass is 10.2. The van der Waals surface area contributed by atoms with Crippen LogP contribution in [-0.2, 0) is 14.2 Å². The molecule has 2 aliphatic rings. The van der Waals surface area contributed by atoms with Crippen molar-refractivity contribution in [2.75, 3.05) is 64.6 Å². The average Bonchev–Trinajstić information content (AvgIpc) is 3.13. The Labute approximate surface area is 143 Å². The van der Waals surface area contributed by atoms with Crippen molar-refractivity contribution >= 4 is 5.82 Å². The maximum absolute atomic E-state index is 5.90. The van der Waals surface area contributed by atoms with E-state index in [-0.39, 0.29) is 6.10 Å². The molecule has 7 heteroatoms. The molecule has 2 saturated heterocycles. The van der Waals surface area contributed by atoms with E-state index in [2.05, 4.69) is 20.0 Å². The molecule has 0 spiro atoms. The van der Waals surface area contributed by atoms with E-state index in [4.69, 9.17) is 14.2 Å². The number of aromatic nitrogens is 2. The quantitative estimate of drug-likeness (QED) is 0.651. The Kier molecular flexibility index (Phi) is 6.77. The lowest BCUT2D eigenvalue weighted by molar-refractivity contribution is -0.0384. The van der Waals surface area contributed by atoms with Gasteiger partial charge in [0.05, 0.1) is 32.0 Å². The fourth-order valence-electron chi connectivity index (χ4n) is 3.17. The van der Waals surface area contributed by atoms with Gasteiger partial charge in [-0.1, -0.05) is 0 Å². The van der Waals surface area contributed by atoms with Crippen LogP contribution >= 0.6 is 0 Å². The molecule has 1 aromatic heterocycles. The van der Waals surface area contributed by atoms with Gasteiger partial charge >= 0.3 is 0 Å². The van der Waals surface area contributed by atoms with Crippen LogP contribution in [0.3, 0.4) is 0 Å². The zero-order chi connectivity index (χ0) is 16.6. The van der Waals surface area contributed by atoms with E-state index in [1.54, 1.807) is 6.20 Å². The smallest absolute Gasteiger partial charge is 0.151 e. The van der Waals surface area contributed by atoms with Crippen LogP contribution in [0.1, 0.15) is 12.8 Å². The van der Waals surface area contributed by atoms with Gasteiger partial charge in [-0.25, -0.2) is 0 Å². The number of hydrogen-bond donors (Lipinski definition) is 0. The van der Waals surface area contributed by atoms with Crippen molar-refractivity contribution in [3.63, 3.8) is 0 Å². The molecule has 0 bridgehead atoms. The maximum Gasteiger partial charge on any atom is 0.151 e. The number of morpholine rings is 1. The summed E-state index contributed by atoms with van der Waals surface area (Å²) in [5.74, 6) is 0.873. The van der Waals surface area contributed by atoms with Crippen molar-refractivity contribution in [2.24, 2.45) is 0 Å². The van der Waals surface area contributed by atoms with Gasteiger partial charge < -0.3 is 19.1 Å². The summed E-state index contributed by atoms with van der Waals surface area (Å²) < 4.78 is 17.2. The lowest BCUT2D eigenvalue weighted by Gasteiger charge is -2.34. The Hall–Kier alpha value is -1.28. The number of likely N-dealkylation sites (N-methyl/N-ethyl adjacent to an activating group) is 1. The van der Waals surface area contributed by atoms with Gasteiger partial charge in [-0.3, -0.25) is 4.90 Å². The Morgan fingerprint density at radius 2 is 2.25 bits per heavy atom. The third-order valence-electron chi connectivity index (χ3n) is 4.53. The van der Waals surface area contributed by atoms with Crippen molar-refractivity contribution in [2.45, 2.75) is 25.0 Å². The van der Waals surface area contributed by atoms with Crippen molar-refractivity contribution in [1.82, 2.24) is 15.1 Å². The minimum Gasteiger partial charge on any atom is -0.377 e. The van der Waals surface area contributed by atoms with E-state index in [1.165, 1.54) is 6.42 Å². The molecule has 0 radical (unpaired) electrons. The molecular weight excluding hydrogens is 308 g/mol. The summed E-state index contributed by atoms with van der Waals surface area (Å²) in [6.45, 7) is 6.79. The van der Waals surface area contributed by atoms with Crippen LogP contribution in [0.25, 0.3) is 0 Å². The number of hydrogen-bond acceptors (Lipinski definition) is 7. The summed E-state index contributed by atoms with van der Waals surface area (Å²) in [4.78, 5) is 4.50. The summed E-state index contributed by atoms with van der Waals surface area (Å²) in [6.07, 6.45) is 4.48. The molecule has 0 saturated carbocycles. The molecule has 0 aromatic carbocycles. The Morgan fingerprint density at radius 1 is 1.33 bits per heavy atom. The van der Waals surface area contributed by atoms with Crippen LogP contribution in [-0.4, -0.2) is 87.0 Å². The van der Waals surface area contributed by atoms with E-state index in [9.17, 15) is 0 Å². The normalized spacial score (nSPS) is 25.0.